The number of nitrogens with zero attached hydrogens (tertiary/aromatic N) is 3. The SMILES string of the molecule is CC(C)n1c(O[C@@H]2C[C@H]3C(=O)N[C@]4(C(=O)NS(=O)(=O)C5(C)CC5)C[C@H]4/C=C\CCCCC[C@H](Nc4ccccc4)C(=O)N3C2)nc2c(C(=O)NCc3ccccc3)cccc21. The van der Waals surface area contributed by atoms with Crippen molar-refractivity contribution in [2.45, 2.75) is 120 Å². The summed E-state index contributed by atoms with van der Waals surface area (Å²) in [5.41, 5.74) is 1.77. The van der Waals surface area contributed by atoms with Crippen LogP contribution in [-0.4, -0.2) is 81.5 Å². The molecule has 61 heavy (non-hydrogen) atoms. The van der Waals surface area contributed by atoms with E-state index < -0.39 is 56.2 Å². The van der Waals surface area contributed by atoms with Gasteiger partial charge in [-0.3, -0.25) is 28.5 Å². The van der Waals surface area contributed by atoms with Crippen LogP contribution >= 0.6 is 0 Å². The minimum Gasteiger partial charge on any atom is -0.459 e. The Bertz CT molecular complexity index is 2430. The fraction of sp³-hybridized carbons (Fsp3) is 0.457. The van der Waals surface area contributed by atoms with Crippen LogP contribution in [0.3, 0.4) is 0 Å². The Kier molecular flexibility index (Phi) is 11.7. The van der Waals surface area contributed by atoms with E-state index in [4.69, 9.17) is 9.72 Å². The van der Waals surface area contributed by atoms with Gasteiger partial charge < -0.3 is 25.6 Å². The van der Waals surface area contributed by atoms with Crippen molar-refractivity contribution in [1.82, 2.24) is 29.8 Å². The van der Waals surface area contributed by atoms with Crippen molar-refractivity contribution in [3.63, 3.8) is 0 Å². The highest BCUT2D eigenvalue weighted by Crippen LogP contribution is 2.47. The Labute approximate surface area is 356 Å². The average Bonchev–Trinajstić information content (AvgIpc) is 4.07. The molecule has 4 aliphatic rings. The molecule has 0 bridgehead atoms. The first-order valence-electron chi connectivity index (χ1n) is 21.5. The molecule has 0 radical (unpaired) electrons. The molecule has 8 rings (SSSR count). The van der Waals surface area contributed by atoms with Crippen LogP contribution in [0.1, 0.15) is 101 Å². The lowest BCUT2D eigenvalue weighted by Crippen LogP contribution is -2.58. The molecule has 0 spiro atoms. The van der Waals surface area contributed by atoms with Crippen molar-refractivity contribution < 1.29 is 32.3 Å². The summed E-state index contributed by atoms with van der Waals surface area (Å²) >= 11 is 0. The third-order valence-corrected chi connectivity index (χ3v) is 14.8. The molecule has 14 nitrogen and oxygen atoms in total. The van der Waals surface area contributed by atoms with Gasteiger partial charge in [-0.2, -0.15) is 4.98 Å². The molecule has 2 aliphatic heterocycles. The molecule has 4 N–H and O–H groups in total. The van der Waals surface area contributed by atoms with E-state index in [0.29, 0.717) is 42.4 Å². The lowest BCUT2D eigenvalue weighted by Gasteiger charge is -2.30. The number of rotatable bonds is 11. The van der Waals surface area contributed by atoms with Gasteiger partial charge in [0.05, 0.1) is 22.4 Å². The number of aromatic nitrogens is 2. The highest BCUT2D eigenvalue weighted by atomic mass is 32.2. The number of nitrogens with one attached hydrogen (secondary N) is 4. The van der Waals surface area contributed by atoms with Crippen LogP contribution < -0.4 is 25.4 Å². The third kappa shape index (κ3) is 8.75. The summed E-state index contributed by atoms with van der Waals surface area (Å²) in [5, 5.41) is 9.38. The summed E-state index contributed by atoms with van der Waals surface area (Å²) < 4.78 is 36.4. The van der Waals surface area contributed by atoms with Crippen molar-refractivity contribution in [3.8, 4) is 6.01 Å². The van der Waals surface area contributed by atoms with Gasteiger partial charge in [0.15, 0.2) is 0 Å². The molecule has 2 saturated carbocycles. The van der Waals surface area contributed by atoms with Gasteiger partial charge in [-0.25, -0.2) is 8.42 Å². The Morgan fingerprint density at radius 2 is 1.70 bits per heavy atom. The first-order chi connectivity index (χ1) is 29.3. The number of sulfonamides is 1. The van der Waals surface area contributed by atoms with Gasteiger partial charge in [-0.15, -0.1) is 0 Å². The summed E-state index contributed by atoms with van der Waals surface area (Å²) in [6.07, 6.45) is 8.17. The Hall–Kier alpha value is -5.70. The van der Waals surface area contributed by atoms with Gasteiger partial charge >= 0.3 is 0 Å². The van der Waals surface area contributed by atoms with Crippen LogP contribution in [0.15, 0.2) is 91.0 Å². The minimum absolute atomic E-state index is 0.0465. The van der Waals surface area contributed by atoms with Gasteiger partial charge in [-0.1, -0.05) is 79.6 Å². The smallest absolute Gasteiger partial charge is 0.297 e. The second kappa shape index (κ2) is 17.0. The maximum absolute atomic E-state index is 14.8. The van der Waals surface area contributed by atoms with Crippen molar-refractivity contribution in [1.29, 1.82) is 0 Å². The number of anilines is 1. The topological polar surface area (TPSA) is 181 Å². The number of amides is 4. The Balaban J connectivity index is 1.10. The average molecular weight is 850 g/mol. The van der Waals surface area contributed by atoms with Gasteiger partial charge in [0.2, 0.25) is 21.8 Å². The normalized spacial score (nSPS) is 25.6. The number of ether oxygens (including phenoxy) is 1. The molecule has 2 aliphatic carbocycles. The summed E-state index contributed by atoms with van der Waals surface area (Å²) in [7, 11) is -3.99. The first kappa shape index (κ1) is 42.0. The lowest BCUT2D eigenvalue weighted by atomic mass is 10.0. The van der Waals surface area contributed by atoms with Crippen LogP contribution in [0.2, 0.25) is 0 Å². The minimum atomic E-state index is -3.99. The van der Waals surface area contributed by atoms with Crippen LogP contribution in [0.5, 0.6) is 6.01 Å². The summed E-state index contributed by atoms with van der Waals surface area (Å²) in [6, 6.07) is 22.9. The van der Waals surface area contributed by atoms with Gasteiger partial charge in [-0.05, 0) is 89.1 Å². The molecular formula is C46H55N7O7S. The van der Waals surface area contributed by atoms with Crippen LogP contribution in [-0.2, 0) is 31.0 Å². The van der Waals surface area contributed by atoms with E-state index >= 15 is 0 Å². The molecule has 3 aromatic carbocycles. The monoisotopic (exact) mass is 849 g/mol. The maximum Gasteiger partial charge on any atom is 0.297 e. The number of benzene rings is 3. The molecule has 322 valence electrons. The molecular weight excluding hydrogens is 795 g/mol. The van der Waals surface area contributed by atoms with Crippen molar-refractivity contribution in [2.75, 3.05) is 11.9 Å². The second-order valence-corrected chi connectivity index (χ2v) is 19.7. The van der Waals surface area contributed by atoms with Crippen molar-refractivity contribution >= 4 is 50.4 Å². The van der Waals surface area contributed by atoms with E-state index in [1.807, 2.05) is 103 Å². The zero-order valence-electron chi connectivity index (χ0n) is 34.9. The summed E-state index contributed by atoms with van der Waals surface area (Å²) in [5.74, 6) is -2.32. The highest BCUT2D eigenvalue weighted by molar-refractivity contribution is 7.91. The Morgan fingerprint density at radius 3 is 2.43 bits per heavy atom. The van der Waals surface area contributed by atoms with E-state index in [1.54, 1.807) is 13.0 Å². The molecule has 1 aromatic heterocycles. The summed E-state index contributed by atoms with van der Waals surface area (Å²) in [6.45, 7) is 5.97. The molecule has 4 amide bonds. The van der Waals surface area contributed by atoms with Crippen LogP contribution in [0.25, 0.3) is 11.0 Å². The molecule has 0 unspecified atom stereocenters. The van der Waals surface area contributed by atoms with Gasteiger partial charge in [0.25, 0.3) is 17.8 Å². The van der Waals surface area contributed by atoms with E-state index in [0.717, 1.165) is 36.9 Å². The number of hydrogen-bond donors (Lipinski definition) is 4. The maximum atomic E-state index is 14.8. The number of allylic oxidation sites excluding steroid dienone is 1. The third-order valence-electron chi connectivity index (χ3n) is 12.6. The number of carbonyl (C=O) groups is 4. The molecule has 5 atom stereocenters. The largest absolute Gasteiger partial charge is 0.459 e. The fourth-order valence-corrected chi connectivity index (χ4v) is 9.88. The molecule has 3 fully saturated rings. The molecule has 1 saturated heterocycles. The molecule has 4 aromatic rings. The molecule has 15 heteroatoms. The van der Waals surface area contributed by atoms with E-state index in [-0.39, 0.29) is 43.3 Å². The predicted molar refractivity (Wildman–Crippen MR) is 232 cm³/mol. The van der Waals surface area contributed by atoms with Crippen LogP contribution in [0.4, 0.5) is 5.69 Å². The van der Waals surface area contributed by atoms with E-state index in [1.165, 1.54) is 4.90 Å². The fourth-order valence-electron chi connectivity index (χ4n) is 8.57. The number of fused-ring (bicyclic) bond motifs is 3. The number of imidazole rings is 1. The number of para-hydroxylation sites is 2. The Morgan fingerprint density at radius 1 is 0.967 bits per heavy atom. The van der Waals surface area contributed by atoms with E-state index in [2.05, 4.69) is 20.7 Å². The summed E-state index contributed by atoms with van der Waals surface area (Å²) in [4.78, 5) is 63.5. The second-order valence-electron chi connectivity index (χ2n) is 17.5. The van der Waals surface area contributed by atoms with Crippen molar-refractivity contribution in [3.05, 3.63) is 102 Å². The van der Waals surface area contributed by atoms with Crippen molar-refractivity contribution in [2.24, 2.45) is 5.92 Å². The van der Waals surface area contributed by atoms with Crippen LogP contribution in [0, 0.1) is 5.92 Å². The predicted octanol–water partition coefficient (Wildman–Crippen LogP) is 5.77. The zero-order valence-corrected chi connectivity index (χ0v) is 35.7. The lowest BCUT2D eigenvalue weighted by molar-refractivity contribution is -0.140. The van der Waals surface area contributed by atoms with E-state index in [9.17, 15) is 27.6 Å². The van der Waals surface area contributed by atoms with Gasteiger partial charge in [0, 0.05) is 30.6 Å². The zero-order chi connectivity index (χ0) is 42.9. The first-order valence-corrected chi connectivity index (χ1v) is 22.9. The number of hydrogen-bond acceptors (Lipinski definition) is 9. The standard InChI is InChI=1S/C46H55N7O7S/c1-30(2)53-37-23-15-21-35(40(54)47-28-31-16-9-7-10-17-31)39(37)49-44(53)60-34-26-38-41(55)50-46(43(57)51-61(58,59)45(3)24-25-45)27-32(46)18-11-5-4-6-14-22-36(42(56)52(38)29-34)48-33-19-12-8-13-20-33/h7-13,15-21,23,30,32,34,36,38,48H,4-6,14,22,24-29H2,1-3H3,(H,47,54)(H,50,55)(H,51,57)/b18-11-/t32-,34-,36+,38+,46-/m1/s1. The quantitative estimate of drug-likeness (QED) is 0.136. The highest BCUT2D eigenvalue weighted by Gasteiger charge is 2.63. The number of carbonyl (C=O) groups excluding carboxylic acids is 4. The van der Waals surface area contributed by atoms with Gasteiger partial charge in [0.1, 0.15) is 29.2 Å². The molecule has 3 heterocycles.